The molecular weight excluding hydrogens is 332 g/mol. The number of hydrogen-bond donors (Lipinski definition) is 2. The van der Waals surface area contributed by atoms with E-state index in [0.29, 0.717) is 25.9 Å². The first-order valence-corrected chi connectivity index (χ1v) is 9.37. The number of ether oxygens (including phenoxy) is 1. The van der Waals surface area contributed by atoms with Gasteiger partial charge in [-0.15, -0.1) is 0 Å². The number of pyridine rings is 1. The first-order valence-electron chi connectivity index (χ1n) is 9.37. The molecule has 26 heavy (non-hydrogen) atoms. The van der Waals surface area contributed by atoms with E-state index < -0.39 is 0 Å². The zero-order valence-electron chi connectivity index (χ0n) is 15.8. The van der Waals surface area contributed by atoms with Gasteiger partial charge in [0, 0.05) is 38.8 Å². The maximum atomic E-state index is 11.8. The number of piperidine rings is 1. The van der Waals surface area contributed by atoms with Crippen molar-refractivity contribution in [3.63, 3.8) is 0 Å². The summed E-state index contributed by atoms with van der Waals surface area (Å²) in [5.41, 5.74) is 0.972. The summed E-state index contributed by atoms with van der Waals surface area (Å²) in [6, 6.07) is 3.83. The molecule has 0 spiro atoms. The van der Waals surface area contributed by atoms with Gasteiger partial charge in [0.1, 0.15) is 5.82 Å². The zero-order valence-corrected chi connectivity index (χ0v) is 15.8. The lowest BCUT2D eigenvalue weighted by Gasteiger charge is -2.31. The van der Waals surface area contributed by atoms with Crippen LogP contribution in [-0.2, 0) is 16.1 Å². The van der Waals surface area contributed by atoms with Crippen molar-refractivity contribution in [1.82, 2.24) is 15.6 Å². The van der Waals surface area contributed by atoms with Gasteiger partial charge in [-0.05, 0) is 43.2 Å². The van der Waals surface area contributed by atoms with E-state index in [-0.39, 0.29) is 12.0 Å². The van der Waals surface area contributed by atoms with Crippen LogP contribution < -0.4 is 15.5 Å². The number of carbonyl (C=O) groups excluding carboxylic acids is 2. The zero-order chi connectivity index (χ0) is 18.8. The lowest BCUT2D eigenvalue weighted by molar-refractivity contribution is -0.140. The number of rotatable bonds is 8. The highest BCUT2D eigenvalue weighted by Gasteiger charge is 2.16. The lowest BCUT2D eigenvalue weighted by atomic mass is 9.99. The molecule has 0 aromatic carbocycles. The summed E-state index contributed by atoms with van der Waals surface area (Å²) < 4.78 is 4.57. The Balaban J connectivity index is 1.63. The number of anilines is 1. The van der Waals surface area contributed by atoms with E-state index in [1.54, 1.807) is 0 Å². The maximum absolute atomic E-state index is 11.8. The fourth-order valence-electron chi connectivity index (χ4n) is 2.89. The molecule has 1 aliphatic heterocycles. The Bertz CT molecular complexity index is 569. The molecule has 0 bridgehead atoms. The van der Waals surface area contributed by atoms with Crippen molar-refractivity contribution in [3.05, 3.63) is 23.9 Å². The molecule has 0 radical (unpaired) electrons. The third-order valence-corrected chi connectivity index (χ3v) is 4.69. The summed E-state index contributed by atoms with van der Waals surface area (Å²) in [6.07, 6.45) is 6.08. The Hall–Kier alpha value is -2.31. The predicted molar refractivity (Wildman–Crippen MR) is 101 cm³/mol. The molecule has 144 valence electrons. The van der Waals surface area contributed by atoms with Crippen molar-refractivity contribution in [2.45, 2.75) is 45.6 Å². The van der Waals surface area contributed by atoms with Crippen LogP contribution in [-0.4, -0.2) is 43.7 Å². The second-order valence-electron chi connectivity index (χ2n) is 6.84. The van der Waals surface area contributed by atoms with Crippen LogP contribution in [0.25, 0.3) is 0 Å². The van der Waals surface area contributed by atoms with Crippen LogP contribution in [0.3, 0.4) is 0 Å². The van der Waals surface area contributed by atoms with Gasteiger partial charge >= 0.3 is 12.0 Å². The highest BCUT2D eigenvalue weighted by molar-refractivity contribution is 5.73. The van der Waals surface area contributed by atoms with Gasteiger partial charge in [-0.2, -0.15) is 0 Å². The van der Waals surface area contributed by atoms with Crippen LogP contribution in [0.1, 0.15) is 44.6 Å². The molecule has 2 amide bonds. The topological polar surface area (TPSA) is 83.6 Å². The van der Waals surface area contributed by atoms with Gasteiger partial charge in [-0.3, -0.25) is 4.79 Å². The van der Waals surface area contributed by atoms with Gasteiger partial charge in [0.2, 0.25) is 0 Å². The van der Waals surface area contributed by atoms with E-state index in [4.69, 9.17) is 0 Å². The summed E-state index contributed by atoms with van der Waals surface area (Å²) >= 11 is 0. The standard InChI is InChI=1S/C19H30N4O3/c1-15-8-11-23(12-9-15)17-7-6-16(13-21-17)14-22-19(25)20-10-4-3-5-18(24)26-2/h6-7,13,15H,3-5,8-12,14H2,1-2H3,(H2,20,22,25). The second kappa shape index (κ2) is 10.6. The van der Waals surface area contributed by atoms with Crippen molar-refractivity contribution >= 4 is 17.8 Å². The summed E-state index contributed by atoms with van der Waals surface area (Å²) in [6.45, 7) is 5.39. The molecule has 1 aliphatic rings. The van der Waals surface area contributed by atoms with Crippen molar-refractivity contribution in [1.29, 1.82) is 0 Å². The molecule has 7 heteroatoms. The van der Waals surface area contributed by atoms with Crippen molar-refractivity contribution in [2.75, 3.05) is 31.6 Å². The van der Waals surface area contributed by atoms with Gasteiger partial charge in [-0.25, -0.2) is 9.78 Å². The number of esters is 1. The van der Waals surface area contributed by atoms with Crippen LogP contribution in [0.2, 0.25) is 0 Å². The molecule has 2 heterocycles. The number of urea groups is 1. The molecule has 0 saturated carbocycles. The normalized spacial score (nSPS) is 14.8. The molecule has 2 rings (SSSR count). The molecule has 1 aromatic rings. The first kappa shape index (κ1) is 20.0. The molecule has 7 nitrogen and oxygen atoms in total. The molecule has 2 N–H and O–H groups in total. The second-order valence-corrected chi connectivity index (χ2v) is 6.84. The molecule has 1 saturated heterocycles. The predicted octanol–water partition coefficient (Wildman–Crippen LogP) is 2.46. The van der Waals surface area contributed by atoms with Gasteiger partial charge < -0.3 is 20.3 Å². The number of aromatic nitrogens is 1. The lowest BCUT2D eigenvalue weighted by Crippen LogP contribution is -2.35. The number of nitrogens with one attached hydrogen (secondary N) is 2. The Morgan fingerprint density at radius 1 is 1.23 bits per heavy atom. The van der Waals surface area contributed by atoms with E-state index in [1.807, 2.05) is 18.3 Å². The molecule has 0 atom stereocenters. The van der Waals surface area contributed by atoms with Crippen molar-refractivity contribution < 1.29 is 14.3 Å². The largest absolute Gasteiger partial charge is 0.469 e. The minimum Gasteiger partial charge on any atom is -0.469 e. The number of methoxy groups -OCH3 is 1. The average molecular weight is 362 g/mol. The van der Waals surface area contributed by atoms with E-state index in [0.717, 1.165) is 36.8 Å². The smallest absolute Gasteiger partial charge is 0.315 e. The average Bonchev–Trinajstić information content (AvgIpc) is 2.67. The van der Waals surface area contributed by atoms with Crippen molar-refractivity contribution in [2.24, 2.45) is 5.92 Å². The first-order chi connectivity index (χ1) is 12.6. The molecule has 0 unspecified atom stereocenters. The SMILES string of the molecule is COC(=O)CCCCNC(=O)NCc1ccc(N2CCC(C)CC2)nc1. The highest BCUT2D eigenvalue weighted by Crippen LogP contribution is 2.21. The fraction of sp³-hybridized carbons (Fsp3) is 0.632. The summed E-state index contributed by atoms with van der Waals surface area (Å²) in [7, 11) is 1.38. The van der Waals surface area contributed by atoms with Crippen LogP contribution in [0.15, 0.2) is 18.3 Å². The maximum Gasteiger partial charge on any atom is 0.315 e. The minimum atomic E-state index is -0.218. The van der Waals surface area contributed by atoms with E-state index >= 15 is 0 Å². The number of unbranched alkanes of at least 4 members (excludes halogenated alkanes) is 1. The molecule has 0 aliphatic carbocycles. The quantitative estimate of drug-likeness (QED) is 0.548. The minimum absolute atomic E-state index is 0.211. The fourth-order valence-corrected chi connectivity index (χ4v) is 2.89. The molecule has 1 aromatic heterocycles. The Kier molecular flexibility index (Phi) is 8.18. The van der Waals surface area contributed by atoms with Crippen molar-refractivity contribution in [3.8, 4) is 0 Å². The Morgan fingerprint density at radius 3 is 2.65 bits per heavy atom. The monoisotopic (exact) mass is 362 g/mol. The van der Waals surface area contributed by atoms with Gasteiger partial charge in [0.05, 0.1) is 7.11 Å². The summed E-state index contributed by atoms with van der Waals surface area (Å²) in [4.78, 5) is 29.6. The summed E-state index contributed by atoms with van der Waals surface area (Å²) in [5, 5.41) is 5.60. The van der Waals surface area contributed by atoms with E-state index in [9.17, 15) is 9.59 Å². The van der Waals surface area contributed by atoms with E-state index in [2.05, 4.69) is 32.2 Å². The summed E-state index contributed by atoms with van der Waals surface area (Å²) in [5.74, 6) is 1.59. The van der Waals surface area contributed by atoms with Gasteiger partial charge in [0.15, 0.2) is 0 Å². The highest BCUT2D eigenvalue weighted by atomic mass is 16.5. The third-order valence-electron chi connectivity index (χ3n) is 4.69. The Labute approximate surface area is 155 Å². The molecular formula is C19H30N4O3. The van der Waals surface area contributed by atoms with Crippen LogP contribution in [0.4, 0.5) is 10.6 Å². The number of nitrogens with zero attached hydrogens (tertiary/aromatic N) is 2. The van der Waals surface area contributed by atoms with Gasteiger partial charge in [0.25, 0.3) is 0 Å². The van der Waals surface area contributed by atoms with Crippen LogP contribution >= 0.6 is 0 Å². The third kappa shape index (κ3) is 6.90. The number of carbonyl (C=O) groups is 2. The molecule has 1 fully saturated rings. The Morgan fingerprint density at radius 2 is 2.00 bits per heavy atom. The van der Waals surface area contributed by atoms with Crippen LogP contribution in [0, 0.1) is 5.92 Å². The number of amides is 2. The van der Waals surface area contributed by atoms with Crippen LogP contribution in [0.5, 0.6) is 0 Å². The van der Waals surface area contributed by atoms with E-state index in [1.165, 1.54) is 20.0 Å². The van der Waals surface area contributed by atoms with Gasteiger partial charge in [-0.1, -0.05) is 13.0 Å². The number of hydrogen-bond acceptors (Lipinski definition) is 5.